The predicted molar refractivity (Wildman–Crippen MR) is 72.5 cm³/mol. The SMILES string of the molecule is CCC(C)n1c(CNC)nc2cc(Cl)ccc21. The van der Waals surface area contributed by atoms with E-state index in [9.17, 15) is 0 Å². The van der Waals surface area contributed by atoms with E-state index in [0.717, 1.165) is 34.8 Å². The number of benzene rings is 1. The third-order valence-corrected chi connectivity index (χ3v) is 3.33. The summed E-state index contributed by atoms with van der Waals surface area (Å²) in [4.78, 5) is 4.65. The van der Waals surface area contributed by atoms with Gasteiger partial charge in [0.2, 0.25) is 0 Å². The van der Waals surface area contributed by atoms with E-state index in [2.05, 4.69) is 34.8 Å². The topological polar surface area (TPSA) is 29.9 Å². The number of hydrogen-bond acceptors (Lipinski definition) is 2. The van der Waals surface area contributed by atoms with Gasteiger partial charge in [-0.25, -0.2) is 4.98 Å². The van der Waals surface area contributed by atoms with Gasteiger partial charge in [0.15, 0.2) is 0 Å². The second-order valence-electron chi connectivity index (χ2n) is 4.32. The molecular formula is C13H18ClN3. The smallest absolute Gasteiger partial charge is 0.124 e. The summed E-state index contributed by atoms with van der Waals surface area (Å²) in [5.74, 6) is 1.07. The highest BCUT2D eigenvalue weighted by atomic mass is 35.5. The van der Waals surface area contributed by atoms with Crippen LogP contribution in [-0.2, 0) is 6.54 Å². The normalized spacial score (nSPS) is 13.2. The summed E-state index contributed by atoms with van der Waals surface area (Å²) in [6, 6.07) is 6.35. The summed E-state index contributed by atoms with van der Waals surface area (Å²) in [6.07, 6.45) is 1.09. The van der Waals surface area contributed by atoms with Crippen LogP contribution >= 0.6 is 11.6 Å². The van der Waals surface area contributed by atoms with Crippen LogP contribution in [-0.4, -0.2) is 16.6 Å². The number of fused-ring (bicyclic) bond motifs is 1. The fourth-order valence-corrected chi connectivity index (χ4v) is 2.25. The zero-order chi connectivity index (χ0) is 12.4. The van der Waals surface area contributed by atoms with Crippen molar-refractivity contribution in [2.24, 2.45) is 0 Å². The molecule has 92 valence electrons. The van der Waals surface area contributed by atoms with Crippen molar-refractivity contribution in [2.75, 3.05) is 7.05 Å². The number of halogens is 1. The fourth-order valence-electron chi connectivity index (χ4n) is 2.08. The molecule has 0 aliphatic rings. The van der Waals surface area contributed by atoms with Crippen LogP contribution in [0.15, 0.2) is 18.2 Å². The van der Waals surface area contributed by atoms with Gasteiger partial charge in [0.1, 0.15) is 5.82 Å². The van der Waals surface area contributed by atoms with Crippen molar-refractivity contribution in [2.45, 2.75) is 32.9 Å². The lowest BCUT2D eigenvalue weighted by molar-refractivity contribution is 0.514. The highest BCUT2D eigenvalue weighted by molar-refractivity contribution is 6.31. The van der Waals surface area contributed by atoms with E-state index in [1.807, 2.05) is 19.2 Å². The molecule has 1 unspecified atom stereocenters. The molecule has 0 aliphatic heterocycles. The lowest BCUT2D eigenvalue weighted by Crippen LogP contribution is -2.14. The van der Waals surface area contributed by atoms with Crippen LogP contribution in [0.5, 0.6) is 0 Å². The van der Waals surface area contributed by atoms with Crippen LogP contribution in [0.4, 0.5) is 0 Å². The van der Waals surface area contributed by atoms with Gasteiger partial charge in [-0.1, -0.05) is 18.5 Å². The molecule has 0 spiro atoms. The maximum absolute atomic E-state index is 6.01. The van der Waals surface area contributed by atoms with E-state index >= 15 is 0 Å². The van der Waals surface area contributed by atoms with Crippen LogP contribution < -0.4 is 5.32 Å². The zero-order valence-corrected chi connectivity index (χ0v) is 11.3. The Labute approximate surface area is 107 Å². The zero-order valence-electron chi connectivity index (χ0n) is 10.5. The monoisotopic (exact) mass is 251 g/mol. The van der Waals surface area contributed by atoms with Crippen molar-refractivity contribution >= 4 is 22.6 Å². The first-order valence-corrected chi connectivity index (χ1v) is 6.36. The molecule has 0 radical (unpaired) electrons. The maximum atomic E-state index is 6.01. The summed E-state index contributed by atoms with van der Waals surface area (Å²) in [5, 5.41) is 3.90. The van der Waals surface area contributed by atoms with Crippen molar-refractivity contribution < 1.29 is 0 Å². The van der Waals surface area contributed by atoms with Gasteiger partial charge in [0.05, 0.1) is 17.6 Å². The minimum Gasteiger partial charge on any atom is -0.324 e. The molecular weight excluding hydrogens is 234 g/mol. The number of aromatic nitrogens is 2. The Kier molecular flexibility index (Phi) is 3.69. The molecule has 0 aliphatic carbocycles. The Balaban J connectivity index is 2.62. The van der Waals surface area contributed by atoms with Gasteiger partial charge < -0.3 is 9.88 Å². The van der Waals surface area contributed by atoms with Gasteiger partial charge in [0.25, 0.3) is 0 Å². The van der Waals surface area contributed by atoms with Gasteiger partial charge in [0, 0.05) is 11.1 Å². The van der Waals surface area contributed by atoms with Crippen molar-refractivity contribution in [3.63, 3.8) is 0 Å². The third kappa shape index (κ3) is 2.31. The molecule has 2 aromatic rings. The second kappa shape index (κ2) is 5.07. The molecule has 1 atom stereocenters. The van der Waals surface area contributed by atoms with E-state index in [1.165, 1.54) is 0 Å². The molecule has 3 nitrogen and oxygen atoms in total. The molecule has 2 rings (SSSR count). The molecule has 1 aromatic carbocycles. The van der Waals surface area contributed by atoms with Gasteiger partial charge >= 0.3 is 0 Å². The number of nitrogens with one attached hydrogen (secondary N) is 1. The van der Waals surface area contributed by atoms with Crippen LogP contribution in [0.3, 0.4) is 0 Å². The van der Waals surface area contributed by atoms with Crippen LogP contribution in [0, 0.1) is 0 Å². The first kappa shape index (κ1) is 12.4. The number of nitrogens with zero attached hydrogens (tertiary/aromatic N) is 2. The van der Waals surface area contributed by atoms with E-state index in [4.69, 9.17) is 11.6 Å². The number of hydrogen-bond donors (Lipinski definition) is 1. The quantitative estimate of drug-likeness (QED) is 0.903. The van der Waals surface area contributed by atoms with Crippen molar-refractivity contribution in [3.8, 4) is 0 Å². The predicted octanol–water partition coefficient (Wildman–Crippen LogP) is 3.38. The minimum atomic E-state index is 0.449. The first-order valence-electron chi connectivity index (χ1n) is 5.98. The fraction of sp³-hybridized carbons (Fsp3) is 0.462. The standard InChI is InChI=1S/C13H18ClN3/c1-4-9(2)17-12-6-5-10(14)7-11(12)16-13(17)8-15-3/h5-7,9,15H,4,8H2,1-3H3. The summed E-state index contributed by atoms with van der Waals surface area (Å²) in [7, 11) is 1.94. The summed E-state index contributed by atoms with van der Waals surface area (Å²) < 4.78 is 2.29. The van der Waals surface area contributed by atoms with Crippen LogP contribution in [0.2, 0.25) is 5.02 Å². The molecule has 1 aromatic heterocycles. The Bertz CT molecular complexity index is 519. The molecule has 0 saturated carbocycles. The minimum absolute atomic E-state index is 0.449. The number of imidazole rings is 1. The third-order valence-electron chi connectivity index (χ3n) is 3.09. The second-order valence-corrected chi connectivity index (χ2v) is 4.76. The molecule has 0 amide bonds. The molecule has 17 heavy (non-hydrogen) atoms. The largest absolute Gasteiger partial charge is 0.324 e. The average molecular weight is 252 g/mol. The molecule has 4 heteroatoms. The van der Waals surface area contributed by atoms with E-state index in [0.29, 0.717) is 6.04 Å². The van der Waals surface area contributed by atoms with Crippen LogP contribution in [0.25, 0.3) is 11.0 Å². The van der Waals surface area contributed by atoms with Crippen molar-refractivity contribution in [1.82, 2.24) is 14.9 Å². The molecule has 1 heterocycles. The Hall–Kier alpha value is -1.06. The Morgan fingerprint density at radius 3 is 2.88 bits per heavy atom. The summed E-state index contributed by atoms with van der Waals surface area (Å²) >= 11 is 6.01. The summed E-state index contributed by atoms with van der Waals surface area (Å²) in [5.41, 5.74) is 2.14. The number of rotatable bonds is 4. The summed E-state index contributed by atoms with van der Waals surface area (Å²) in [6.45, 7) is 5.18. The van der Waals surface area contributed by atoms with Crippen LogP contribution in [0.1, 0.15) is 32.1 Å². The van der Waals surface area contributed by atoms with Gasteiger partial charge in [-0.3, -0.25) is 0 Å². The highest BCUT2D eigenvalue weighted by Crippen LogP contribution is 2.25. The Morgan fingerprint density at radius 2 is 2.24 bits per heavy atom. The highest BCUT2D eigenvalue weighted by Gasteiger charge is 2.14. The van der Waals surface area contributed by atoms with Crippen molar-refractivity contribution in [3.05, 3.63) is 29.0 Å². The van der Waals surface area contributed by atoms with E-state index in [1.54, 1.807) is 0 Å². The average Bonchev–Trinajstić information content (AvgIpc) is 2.65. The van der Waals surface area contributed by atoms with Crippen molar-refractivity contribution in [1.29, 1.82) is 0 Å². The molecule has 0 fully saturated rings. The maximum Gasteiger partial charge on any atom is 0.124 e. The Morgan fingerprint density at radius 1 is 1.47 bits per heavy atom. The van der Waals surface area contributed by atoms with E-state index < -0.39 is 0 Å². The molecule has 0 bridgehead atoms. The first-order chi connectivity index (χ1) is 8.17. The molecule has 0 saturated heterocycles. The van der Waals surface area contributed by atoms with E-state index in [-0.39, 0.29) is 0 Å². The lowest BCUT2D eigenvalue weighted by atomic mass is 10.2. The lowest BCUT2D eigenvalue weighted by Gasteiger charge is -2.15. The van der Waals surface area contributed by atoms with Gasteiger partial charge in [-0.2, -0.15) is 0 Å². The van der Waals surface area contributed by atoms with Gasteiger partial charge in [-0.15, -0.1) is 0 Å². The molecule has 1 N–H and O–H groups in total. The van der Waals surface area contributed by atoms with Gasteiger partial charge in [-0.05, 0) is 38.6 Å².